The van der Waals surface area contributed by atoms with Crippen LogP contribution in [0.4, 0.5) is 11.5 Å². The van der Waals surface area contributed by atoms with Crippen molar-refractivity contribution < 1.29 is 4.21 Å². The maximum absolute atomic E-state index is 12.6. The molecule has 1 heterocycles. The summed E-state index contributed by atoms with van der Waals surface area (Å²) in [5.74, 6) is 1.24. The highest BCUT2D eigenvalue weighted by Gasteiger charge is 2.19. The van der Waals surface area contributed by atoms with Crippen LogP contribution in [-0.2, 0) is 16.6 Å². The summed E-state index contributed by atoms with van der Waals surface area (Å²) in [7, 11) is -0.804. The normalized spacial score (nSPS) is 16.3. The van der Waals surface area contributed by atoms with Gasteiger partial charge in [0.15, 0.2) is 0 Å². The number of nitriles is 1. The van der Waals surface area contributed by atoms with E-state index >= 15 is 0 Å². The van der Waals surface area contributed by atoms with Crippen LogP contribution < -0.4 is 5.32 Å². The summed E-state index contributed by atoms with van der Waals surface area (Å²) in [6, 6.07) is 15.3. The molecule has 1 unspecified atom stereocenters. The molecular formula is C19H21N3OS. The molecule has 1 aromatic heterocycles. The molecule has 1 aliphatic rings. The molecule has 3 rings (SSSR count). The minimum Gasteiger partial charge on any atom is -0.340 e. The number of pyridine rings is 1. The van der Waals surface area contributed by atoms with Crippen molar-refractivity contribution in [3.8, 4) is 6.07 Å². The number of anilines is 2. The summed E-state index contributed by atoms with van der Waals surface area (Å²) >= 11 is 0. The smallest absolute Gasteiger partial charge is 0.142 e. The molecule has 4 nitrogen and oxygen atoms in total. The van der Waals surface area contributed by atoms with E-state index in [0.717, 1.165) is 24.1 Å². The third-order valence-electron chi connectivity index (χ3n) is 4.30. The Kier molecular flexibility index (Phi) is 5.60. The molecule has 1 atom stereocenters. The number of rotatable bonds is 5. The van der Waals surface area contributed by atoms with E-state index in [-0.39, 0.29) is 0 Å². The van der Waals surface area contributed by atoms with Crippen molar-refractivity contribution in [1.82, 2.24) is 4.98 Å². The molecule has 2 aromatic rings. The van der Waals surface area contributed by atoms with Gasteiger partial charge in [-0.2, -0.15) is 5.26 Å². The van der Waals surface area contributed by atoms with Gasteiger partial charge in [0.2, 0.25) is 0 Å². The Morgan fingerprint density at radius 1 is 1.17 bits per heavy atom. The Balaban J connectivity index is 1.67. The monoisotopic (exact) mass is 339 g/mol. The summed E-state index contributed by atoms with van der Waals surface area (Å²) < 4.78 is 12.6. The van der Waals surface area contributed by atoms with Gasteiger partial charge >= 0.3 is 0 Å². The first kappa shape index (κ1) is 16.7. The van der Waals surface area contributed by atoms with Crippen LogP contribution in [0.3, 0.4) is 0 Å². The van der Waals surface area contributed by atoms with Gasteiger partial charge in [0.05, 0.1) is 0 Å². The zero-order valence-electron chi connectivity index (χ0n) is 13.6. The van der Waals surface area contributed by atoms with E-state index in [4.69, 9.17) is 5.26 Å². The molecule has 0 spiro atoms. The minimum atomic E-state index is -0.804. The number of hydrogen-bond donors (Lipinski definition) is 1. The van der Waals surface area contributed by atoms with Crippen LogP contribution in [0.25, 0.3) is 0 Å². The second-order valence-electron chi connectivity index (χ2n) is 6.13. The molecule has 0 bridgehead atoms. The summed E-state index contributed by atoms with van der Waals surface area (Å²) in [4.78, 5) is 4.22. The summed E-state index contributed by atoms with van der Waals surface area (Å²) in [5, 5.41) is 12.5. The maximum atomic E-state index is 12.6. The van der Waals surface area contributed by atoms with Crippen molar-refractivity contribution >= 4 is 22.3 Å². The van der Waals surface area contributed by atoms with Gasteiger partial charge in [-0.1, -0.05) is 37.5 Å². The fourth-order valence-electron chi connectivity index (χ4n) is 3.06. The molecule has 1 aromatic carbocycles. The molecule has 24 heavy (non-hydrogen) atoms. The molecule has 1 saturated carbocycles. The van der Waals surface area contributed by atoms with Crippen molar-refractivity contribution in [3.63, 3.8) is 0 Å². The highest BCUT2D eigenvalue weighted by atomic mass is 32.2. The molecule has 0 amide bonds. The highest BCUT2D eigenvalue weighted by molar-refractivity contribution is 7.84. The number of nitrogens with zero attached hydrogens (tertiary/aromatic N) is 2. The lowest BCUT2D eigenvalue weighted by atomic mass is 10.0. The van der Waals surface area contributed by atoms with E-state index in [1.807, 2.05) is 36.4 Å². The molecule has 0 saturated heterocycles. The number of hydrogen-bond acceptors (Lipinski definition) is 4. The van der Waals surface area contributed by atoms with Crippen LogP contribution in [0.15, 0.2) is 42.5 Å². The highest BCUT2D eigenvalue weighted by Crippen LogP contribution is 2.24. The predicted octanol–water partition coefficient (Wildman–Crippen LogP) is 4.28. The second kappa shape index (κ2) is 8.07. The Bertz CT molecular complexity index is 763. The number of aromatic nitrogens is 1. The van der Waals surface area contributed by atoms with Gasteiger partial charge in [-0.3, -0.25) is 4.21 Å². The molecule has 124 valence electrons. The number of nitrogens with one attached hydrogen (secondary N) is 1. The SMILES string of the molecule is N#Cc1cccc(Nc2cccc(CS(=O)C3CCCCC3)c2)n1. The first-order valence-corrected chi connectivity index (χ1v) is 9.73. The Labute approximate surface area is 145 Å². The van der Waals surface area contributed by atoms with E-state index in [1.165, 1.54) is 19.3 Å². The minimum absolute atomic E-state index is 0.351. The van der Waals surface area contributed by atoms with Crippen LogP contribution in [0.1, 0.15) is 43.4 Å². The maximum Gasteiger partial charge on any atom is 0.142 e. The van der Waals surface area contributed by atoms with Gasteiger partial charge in [-0.25, -0.2) is 4.98 Å². The van der Waals surface area contributed by atoms with Gasteiger partial charge in [0.25, 0.3) is 0 Å². The van der Waals surface area contributed by atoms with Crippen LogP contribution >= 0.6 is 0 Å². The van der Waals surface area contributed by atoms with Gasteiger partial charge in [0.1, 0.15) is 17.6 Å². The lowest BCUT2D eigenvalue weighted by molar-refractivity contribution is 0.504. The van der Waals surface area contributed by atoms with Crippen molar-refractivity contribution in [3.05, 3.63) is 53.7 Å². The van der Waals surface area contributed by atoms with Gasteiger partial charge in [-0.05, 0) is 42.7 Å². The molecule has 5 heteroatoms. The van der Waals surface area contributed by atoms with E-state index in [0.29, 0.717) is 22.5 Å². The van der Waals surface area contributed by atoms with Crippen LogP contribution in [-0.4, -0.2) is 14.4 Å². The first-order valence-electron chi connectivity index (χ1n) is 8.35. The standard InChI is InChI=1S/C19H21N3OS/c20-13-17-8-5-11-19(22-17)21-16-7-4-6-15(12-16)14-24(23)18-9-2-1-3-10-18/h4-8,11-12,18H,1-3,9-10,14H2,(H,21,22). The van der Waals surface area contributed by atoms with E-state index in [9.17, 15) is 4.21 Å². The van der Waals surface area contributed by atoms with Gasteiger partial charge < -0.3 is 5.32 Å². The lowest BCUT2D eigenvalue weighted by Gasteiger charge is -2.21. The zero-order chi connectivity index (χ0) is 16.8. The lowest BCUT2D eigenvalue weighted by Crippen LogP contribution is -2.19. The Morgan fingerprint density at radius 2 is 1.96 bits per heavy atom. The topological polar surface area (TPSA) is 65.8 Å². The van der Waals surface area contributed by atoms with Crippen molar-refractivity contribution in [2.75, 3.05) is 5.32 Å². The molecule has 1 fully saturated rings. The molecule has 1 aliphatic carbocycles. The van der Waals surface area contributed by atoms with E-state index in [1.54, 1.807) is 12.1 Å². The Hall–Kier alpha value is -2.19. The van der Waals surface area contributed by atoms with Crippen molar-refractivity contribution in [2.24, 2.45) is 0 Å². The average molecular weight is 339 g/mol. The Morgan fingerprint density at radius 3 is 2.75 bits per heavy atom. The van der Waals surface area contributed by atoms with Gasteiger partial charge in [0, 0.05) is 27.5 Å². The molecule has 0 radical (unpaired) electrons. The van der Waals surface area contributed by atoms with E-state index < -0.39 is 10.8 Å². The quantitative estimate of drug-likeness (QED) is 0.883. The summed E-state index contributed by atoms with van der Waals surface area (Å²) in [5.41, 5.74) is 2.35. The second-order valence-corrected chi connectivity index (χ2v) is 7.85. The third-order valence-corrected chi connectivity index (χ3v) is 6.13. The summed E-state index contributed by atoms with van der Waals surface area (Å²) in [6.07, 6.45) is 5.88. The molecular weight excluding hydrogens is 318 g/mol. The van der Waals surface area contributed by atoms with Gasteiger partial charge in [-0.15, -0.1) is 0 Å². The van der Waals surface area contributed by atoms with Crippen LogP contribution in [0.5, 0.6) is 0 Å². The van der Waals surface area contributed by atoms with Crippen LogP contribution in [0.2, 0.25) is 0 Å². The third kappa shape index (κ3) is 4.42. The predicted molar refractivity (Wildman–Crippen MR) is 97.4 cm³/mol. The average Bonchev–Trinajstić information content (AvgIpc) is 2.63. The van der Waals surface area contributed by atoms with E-state index in [2.05, 4.69) is 10.3 Å². The van der Waals surface area contributed by atoms with Crippen molar-refractivity contribution in [1.29, 1.82) is 5.26 Å². The summed E-state index contributed by atoms with van der Waals surface area (Å²) in [6.45, 7) is 0. The first-order chi connectivity index (χ1) is 11.7. The fraction of sp³-hybridized carbons (Fsp3) is 0.368. The largest absolute Gasteiger partial charge is 0.340 e. The van der Waals surface area contributed by atoms with Crippen LogP contribution in [0, 0.1) is 11.3 Å². The number of benzene rings is 1. The zero-order valence-corrected chi connectivity index (χ0v) is 14.4. The molecule has 1 N–H and O–H groups in total. The van der Waals surface area contributed by atoms with Crippen molar-refractivity contribution in [2.45, 2.75) is 43.1 Å². The molecule has 0 aliphatic heterocycles. The fourth-order valence-corrected chi connectivity index (χ4v) is 4.67.